The van der Waals surface area contributed by atoms with Crippen molar-refractivity contribution in [1.82, 2.24) is 4.57 Å². The van der Waals surface area contributed by atoms with Crippen LogP contribution in [0.3, 0.4) is 0 Å². The van der Waals surface area contributed by atoms with Gasteiger partial charge in [0.1, 0.15) is 28.4 Å². The largest absolute Gasteiger partial charge is 0.497 e. The van der Waals surface area contributed by atoms with Crippen LogP contribution in [0.25, 0.3) is 0 Å². The molecule has 0 saturated heterocycles. The molecule has 0 bridgehead atoms. The number of Topliss-reactive ketones (excluding diaryl/α,β-unsaturated/α-hetero) is 1. The van der Waals surface area contributed by atoms with Gasteiger partial charge in [-0.2, -0.15) is 0 Å². The number of aliphatic imine (C=N–C) groups is 1. The maximum atomic E-state index is 13.1. The second-order valence-corrected chi connectivity index (χ2v) is 9.43. The number of hydrogen-bond donors (Lipinski definition) is 4. The predicted octanol–water partition coefficient (Wildman–Crippen LogP) is -0.650. The van der Waals surface area contributed by atoms with Crippen LogP contribution in [-0.2, 0) is 26.2 Å². The number of aldehydes is 1. The number of ether oxygens (including phenoxy) is 2. The molecule has 196 valence electrons. The summed E-state index contributed by atoms with van der Waals surface area (Å²) in [6.45, 7) is 1.18. The first-order valence-electron chi connectivity index (χ1n) is 10.7. The summed E-state index contributed by atoms with van der Waals surface area (Å²) >= 11 is 0. The lowest BCUT2D eigenvalue weighted by molar-refractivity contribution is -0.126. The number of ketones is 1. The van der Waals surface area contributed by atoms with Gasteiger partial charge in [-0.05, 0) is 37.6 Å². The SMILES string of the molecule is COc1ccc(OC)c(S(=O)(=O)Nc2ccc(C)n(CC(=O)C(CCN=C(N)N)[C@H](N)C=O)c2=O)c1. The topological polar surface area (TPSA) is 211 Å². The lowest BCUT2D eigenvalue weighted by atomic mass is 9.92. The molecule has 0 amide bonds. The van der Waals surface area contributed by atoms with Crippen LogP contribution in [-0.4, -0.2) is 57.8 Å². The van der Waals surface area contributed by atoms with E-state index in [1.165, 1.54) is 44.6 Å². The van der Waals surface area contributed by atoms with E-state index in [1.54, 1.807) is 6.92 Å². The van der Waals surface area contributed by atoms with Crippen LogP contribution < -0.4 is 37.0 Å². The maximum absolute atomic E-state index is 13.1. The van der Waals surface area contributed by atoms with Crippen LogP contribution in [0.2, 0.25) is 0 Å². The number of nitrogens with zero attached hydrogens (tertiary/aromatic N) is 2. The van der Waals surface area contributed by atoms with Crippen molar-refractivity contribution in [2.45, 2.75) is 30.8 Å². The highest BCUT2D eigenvalue weighted by atomic mass is 32.2. The fourth-order valence-electron chi connectivity index (χ4n) is 3.41. The number of nitrogens with two attached hydrogens (primary N) is 3. The van der Waals surface area contributed by atoms with Crippen LogP contribution >= 0.6 is 0 Å². The van der Waals surface area contributed by atoms with Gasteiger partial charge in [0.05, 0.1) is 26.8 Å². The van der Waals surface area contributed by atoms with Crippen LogP contribution in [0.5, 0.6) is 11.5 Å². The third-order valence-electron chi connectivity index (χ3n) is 5.38. The Morgan fingerprint density at radius 1 is 1.19 bits per heavy atom. The highest BCUT2D eigenvalue weighted by molar-refractivity contribution is 7.92. The number of carbonyl (C=O) groups is 2. The number of methoxy groups -OCH3 is 2. The van der Waals surface area contributed by atoms with Gasteiger partial charge in [0.15, 0.2) is 11.7 Å². The number of pyridine rings is 1. The number of hydrogen-bond acceptors (Lipinski definition) is 9. The summed E-state index contributed by atoms with van der Waals surface area (Å²) in [7, 11) is -1.60. The third kappa shape index (κ3) is 6.82. The lowest BCUT2D eigenvalue weighted by Gasteiger charge is -2.20. The number of rotatable bonds is 13. The second kappa shape index (κ2) is 12.2. The summed E-state index contributed by atoms with van der Waals surface area (Å²) in [6, 6.07) is 5.82. The number of aryl methyl sites for hydroxylation is 1. The van der Waals surface area contributed by atoms with Crippen molar-refractivity contribution in [3.05, 3.63) is 46.4 Å². The quantitative estimate of drug-likeness (QED) is 0.148. The Bertz CT molecular complexity index is 1300. The number of aromatic nitrogens is 1. The average Bonchev–Trinajstić information content (AvgIpc) is 2.84. The van der Waals surface area contributed by atoms with Gasteiger partial charge >= 0.3 is 0 Å². The normalized spacial score (nSPS) is 12.8. The highest BCUT2D eigenvalue weighted by Crippen LogP contribution is 2.29. The van der Waals surface area contributed by atoms with Crippen LogP contribution in [0.4, 0.5) is 5.69 Å². The van der Waals surface area contributed by atoms with E-state index in [1.807, 2.05) is 0 Å². The molecule has 1 aromatic heterocycles. The minimum atomic E-state index is -4.28. The van der Waals surface area contributed by atoms with Gasteiger partial charge in [-0.1, -0.05) is 0 Å². The van der Waals surface area contributed by atoms with Gasteiger partial charge in [0.2, 0.25) is 0 Å². The molecule has 2 aromatic rings. The van der Waals surface area contributed by atoms with Crippen molar-refractivity contribution < 1.29 is 27.5 Å². The van der Waals surface area contributed by atoms with E-state index in [0.717, 1.165) is 4.57 Å². The van der Waals surface area contributed by atoms with E-state index < -0.39 is 39.9 Å². The fraction of sp³-hybridized carbons (Fsp3) is 0.364. The lowest BCUT2D eigenvalue weighted by Crippen LogP contribution is -2.40. The molecule has 0 aliphatic rings. The molecular weight excluding hydrogens is 492 g/mol. The molecule has 7 N–H and O–H groups in total. The number of carbonyl (C=O) groups excluding carboxylic acids is 2. The standard InChI is InChI=1S/C22H30N6O7S/c1-13-4-6-17(27-36(32,33)20-10-14(34-2)5-7-19(20)35-3)21(31)28(13)11-18(30)15(16(23)12-29)8-9-26-22(24)25/h4-7,10,12,15-16,27H,8-9,11,23H2,1-3H3,(H4,24,25,26)/t15?,16-/m1/s1. The number of benzene rings is 1. The Kier molecular flexibility index (Phi) is 9.58. The van der Waals surface area contributed by atoms with Crippen molar-refractivity contribution >= 4 is 33.7 Å². The molecule has 1 heterocycles. The Morgan fingerprint density at radius 3 is 2.47 bits per heavy atom. The second-order valence-electron chi connectivity index (χ2n) is 7.78. The number of sulfonamides is 1. The molecule has 2 rings (SSSR count). The molecule has 0 aliphatic heterocycles. The van der Waals surface area contributed by atoms with E-state index in [2.05, 4.69) is 9.71 Å². The summed E-state index contributed by atoms with van der Waals surface area (Å²) in [4.78, 5) is 40.9. The molecule has 0 spiro atoms. The number of guanidine groups is 1. The Labute approximate surface area is 208 Å². The van der Waals surface area contributed by atoms with Gasteiger partial charge in [0, 0.05) is 24.2 Å². The van der Waals surface area contributed by atoms with Crippen LogP contribution in [0.1, 0.15) is 12.1 Å². The van der Waals surface area contributed by atoms with Crippen molar-refractivity contribution in [3.8, 4) is 11.5 Å². The van der Waals surface area contributed by atoms with E-state index in [4.69, 9.17) is 26.7 Å². The van der Waals surface area contributed by atoms with E-state index in [-0.39, 0.29) is 41.0 Å². The molecule has 36 heavy (non-hydrogen) atoms. The van der Waals surface area contributed by atoms with Crippen molar-refractivity contribution in [3.63, 3.8) is 0 Å². The minimum Gasteiger partial charge on any atom is -0.497 e. The van der Waals surface area contributed by atoms with Gasteiger partial charge in [0.25, 0.3) is 15.6 Å². The van der Waals surface area contributed by atoms with Crippen LogP contribution in [0.15, 0.2) is 45.0 Å². The third-order valence-corrected chi connectivity index (χ3v) is 6.77. The molecule has 1 aromatic carbocycles. The van der Waals surface area contributed by atoms with Gasteiger partial charge in [-0.3, -0.25) is 19.3 Å². The van der Waals surface area contributed by atoms with Gasteiger partial charge < -0.3 is 36.0 Å². The van der Waals surface area contributed by atoms with E-state index >= 15 is 0 Å². The number of nitrogens with one attached hydrogen (secondary N) is 1. The highest BCUT2D eigenvalue weighted by Gasteiger charge is 2.27. The van der Waals surface area contributed by atoms with E-state index in [0.29, 0.717) is 12.0 Å². The zero-order valence-electron chi connectivity index (χ0n) is 20.1. The molecule has 0 saturated carbocycles. The molecule has 0 fully saturated rings. The smallest absolute Gasteiger partial charge is 0.275 e. The molecule has 0 aliphatic carbocycles. The van der Waals surface area contributed by atoms with Crippen LogP contribution in [0, 0.1) is 12.8 Å². The average molecular weight is 523 g/mol. The summed E-state index contributed by atoms with van der Waals surface area (Å²) in [6.07, 6.45) is 0.506. The summed E-state index contributed by atoms with van der Waals surface area (Å²) in [5, 5.41) is 0. The Balaban J connectivity index is 2.40. The van der Waals surface area contributed by atoms with Crippen molar-refractivity contribution in [2.24, 2.45) is 28.1 Å². The molecular formula is C22H30N6O7S. The zero-order valence-corrected chi connectivity index (χ0v) is 20.9. The molecule has 0 radical (unpaired) electrons. The maximum Gasteiger partial charge on any atom is 0.275 e. The molecule has 1 unspecified atom stereocenters. The van der Waals surface area contributed by atoms with Gasteiger partial charge in [-0.15, -0.1) is 0 Å². The molecule has 2 atom stereocenters. The Hall–Kier alpha value is -3.91. The van der Waals surface area contributed by atoms with Crippen molar-refractivity contribution in [2.75, 3.05) is 25.5 Å². The minimum absolute atomic E-state index is 0.0392. The van der Waals surface area contributed by atoms with Gasteiger partial charge in [-0.25, -0.2) is 8.42 Å². The predicted molar refractivity (Wildman–Crippen MR) is 134 cm³/mol. The van der Waals surface area contributed by atoms with E-state index in [9.17, 15) is 22.8 Å². The first-order chi connectivity index (χ1) is 16.9. The fourth-order valence-corrected chi connectivity index (χ4v) is 4.65. The monoisotopic (exact) mass is 522 g/mol. The molecule has 14 heteroatoms. The first-order valence-corrected chi connectivity index (χ1v) is 12.2. The van der Waals surface area contributed by atoms with Crippen molar-refractivity contribution in [1.29, 1.82) is 0 Å². The first kappa shape index (κ1) is 28.3. The zero-order chi connectivity index (χ0) is 27.0. The Morgan fingerprint density at radius 2 is 1.89 bits per heavy atom. The summed E-state index contributed by atoms with van der Waals surface area (Å²) in [5.74, 6) is -1.35. The summed E-state index contributed by atoms with van der Waals surface area (Å²) < 4.78 is 39.7. The number of anilines is 1. The molecule has 13 nitrogen and oxygen atoms in total. The summed E-state index contributed by atoms with van der Waals surface area (Å²) in [5.41, 5.74) is 15.7.